The first-order valence-corrected chi connectivity index (χ1v) is 24.2. The van der Waals surface area contributed by atoms with Gasteiger partial charge in [0.15, 0.2) is 0 Å². The molecule has 0 bridgehead atoms. The normalized spacial score (nSPS) is 15.2. The third-order valence-electron chi connectivity index (χ3n) is 7.86. The first-order chi connectivity index (χ1) is 18.6. The van der Waals surface area contributed by atoms with E-state index in [-0.39, 0.29) is 23.5 Å². The number of allylic oxidation sites excluding steroid dienone is 1. The quantitative estimate of drug-likeness (QED) is 0.0746. The van der Waals surface area contributed by atoms with Crippen LogP contribution in [0.4, 0.5) is 0 Å². The maximum absolute atomic E-state index is 12.8. The van der Waals surface area contributed by atoms with Crippen molar-refractivity contribution in [2.75, 3.05) is 13.2 Å². The molecule has 2 N–H and O–H groups in total. The zero-order chi connectivity index (χ0) is 29.3. The molecule has 1 rings (SSSR count). The molecule has 0 heterocycles. The van der Waals surface area contributed by atoms with E-state index in [2.05, 4.69) is 45.1 Å². The fourth-order valence-corrected chi connectivity index (χ4v) is 24.2. The molecule has 0 spiro atoms. The zero-order valence-corrected chi connectivity index (χ0v) is 29.3. The van der Waals surface area contributed by atoms with Crippen LogP contribution in [-0.2, 0) is 14.8 Å². The third-order valence-corrected chi connectivity index (χ3v) is 25.7. The van der Waals surface area contributed by atoms with E-state index in [0.29, 0.717) is 6.61 Å². The molecule has 0 aliphatic rings. The summed E-state index contributed by atoms with van der Waals surface area (Å²) < 4.78 is 40.2. The number of aryl methyl sites for hydroxylation is 1. The topological polar surface area (TPSA) is 75.6 Å². The molecule has 1 aromatic carbocycles. The molecular weight excluding hydrogens is 613 g/mol. The van der Waals surface area contributed by atoms with Crippen molar-refractivity contribution in [3.05, 3.63) is 52.1 Å². The van der Waals surface area contributed by atoms with Crippen molar-refractivity contribution in [2.24, 2.45) is 5.92 Å². The Kier molecular flexibility index (Phi) is 18.1. The summed E-state index contributed by atoms with van der Waals surface area (Å²) in [6.07, 6.45) is 12.7. The van der Waals surface area contributed by atoms with Gasteiger partial charge in [-0.2, -0.15) is 0 Å². The van der Waals surface area contributed by atoms with Crippen molar-refractivity contribution in [1.29, 1.82) is 0 Å². The summed E-state index contributed by atoms with van der Waals surface area (Å²) in [5, 5.41) is 11.1. The van der Waals surface area contributed by atoms with Crippen LogP contribution in [0, 0.1) is 12.8 Å². The molecule has 0 radical (unpaired) electrons. The van der Waals surface area contributed by atoms with E-state index in [1.54, 1.807) is 24.3 Å². The van der Waals surface area contributed by atoms with Crippen LogP contribution < -0.4 is 4.72 Å². The zero-order valence-electron chi connectivity index (χ0n) is 25.7. The second-order valence-electron chi connectivity index (χ2n) is 11.2. The molecule has 0 aliphatic carbocycles. The third kappa shape index (κ3) is 12.8. The van der Waals surface area contributed by atoms with Gasteiger partial charge in [0.2, 0.25) is 0 Å². The summed E-state index contributed by atoms with van der Waals surface area (Å²) in [7, 11) is -3.68. The Morgan fingerprint density at radius 2 is 1.54 bits per heavy atom. The fraction of sp³-hybridized carbons (Fsp3) is 0.688. The van der Waals surface area contributed by atoms with Crippen LogP contribution in [0.1, 0.15) is 91.5 Å². The predicted octanol–water partition coefficient (Wildman–Crippen LogP) is 7.96. The average molecular weight is 671 g/mol. The fourth-order valence-electron chi connectivity index (χ4n) is 5.25. The minimum atomic E-state index is -3.68. The molecule has 5 nitrogen and oxygen atoms in total. The number of hydrogen-bond acceptors (Lipinski definition) is 4. The number of aliphatic hydroxyl groups excluding tert-OH is 1. The van der Waals surface area contributed by atoms with Gasteiger partial charge in [-0.15, -0.1) is 0 Å². The molecule has 1 unspecified atom stereocenters. The van der Waals surface area contributed by atoms with Crippen molar-refractivity contribution < 1.29 is 18.3 Å². The summed E-state index contributed by atoms with van der Waals surface area (Å²) >= 11 is -2.85. The number of hydrogen-bond donors (Lipinski definition) is 2. The van der Waals surface area contributed by atoms with E-state index in [0.717, 1.165) is 18.4 Å². The Bertz CT molecular complexity index is 924. The van der Waals surface area contributed by atoms with Crippen molar-refractivity contribution in [3.63, 3.8) is 0 Å². The molecular formula is C32H57NO4SSn. The molecule has 224 valence electrons. The second-order valence-corrected chi connectivity index (χ2v) is 26.3. The molecule has 0 aliphatic heterocycles. The molecule has 0 saturated carbocycles. The standard InChI is InChI=1S/C20H30NO4S.3C4H9.Sn/c1-5-6-7-14-25-18(4)11-10-17(3)20(22)15-21-26(23,24)19-12-8-16(2)9-13-19;3*1-3-4-2;/h5,8-10,12-13,17-18,20-22H,1,6-7,14-15H2,2-4H3;3*1,3-4H2,2H3;/t17-,18?,20-;;;;/m0..../s1. The molecule has 0 amide bonds. The molecule has 0 fully saturated rings. The van der Waals surface area contributed by atoms with Crippen LogP contribution in [-0.4, -0.2) is 57.3 Å². The Morgan fingerprint density at radius 3 is 2.03 bits per heavy atom. The first-order valence-electron chi connectivity index (χ1n) is 15.3. The number of nitrogens with one attached hydrogen (secondary N) is 1. The Labute approximate surface area is 244 Å². The van der Waals surface area contributed by atoms with Crippen molar-refractivity contribution >= 4 is 28.4 Å². The summed E-state index contributed by atoms with van der Waals surface area (Å²) in [5.74, 6) is -0.180. The molecule has 7 heteroatoms. The van der Waals surface area contributed by atoms with Crippen molar-refractivity contribution in [3.8, 4) is 0 Å². The van der Waals surface area contributed by atoms with E-state index >= 15 is 0 Å². The number of sulfonamides is 1. The average Bonchev–Trinajstić information content (AvgIpc) is 2.92. The summed E-state index contributed by atoms with van der Waals surface area (Å²) in [6, 6.07) is 6.78. The van der Waals surface area contributed by atoms with Gasteiger partial charge >= 0.3 is 246 Å². The molecule has 0 saturated heterocycles. The van der Waals surface area contributed by atoms with Crippen LogP contribution in [0.25, 0.3) is 0 Å². The van der Waals surface area contributed by atoms with Crippen molar-refractivity contribution in [1.82, 2.24) is 4.72 Å². The van der Waals surface area contributed by atoms with Crippen LogP contribution in [0.3, 0.4) is 0 Å². The second kappa shape index (κ2) is 19.4. The van der Waals surface area contributed by atoms with Crippen LogP contribution in [0.15, 0.2) is 51.5 Å². The van der Waals surface area contributed by atoms with Gasteiger partial charge in [0.25, 0.3) is 0 Å². The molecule has 0 aromatic heterocycles. The predicted molar refractivity (Wildman–Crippen MR) is 169 cm³/mol. The SMILES string of the molecule is C=CCCCOC(C)/[C](=C/[C@H](C)[C@@H](O)CNS(=O)(=O)c1ccc(C)cc1)[Sn]([CH2]CCC)([CH2]CCC)[CH2]CCC. The summed E-state index contributed by atoms with van der Waals surface area (Å²) in [5.41, 5.74) is 1.00. The van der Waals surface area contributed by atoms with Gasteiger partial charge in [0, 0.05) is 0 Å². The van der Waals surface area contributed by atoms with E-state index in [1.807, 2.05) is 19.9 Å². The Hall–Kier alpha value is -0.671. The number of ether oxygens (including phenoxy) is 1. The van der Waals surface area contributed by atoms with Gasteiger partial charge in [-0.1, -0.05) is 0 Å². The van der Waals surface area contributed by atoms with Gasteiger partial charge in [-0.05, 0) is 0 Å². The molecule has 1 aromatic rings. The summed E-state index contributed by atoms with van der Waals surface area (Å²) in [6.45, 7) is 17.5. The number of unbranched alkanes of at least 4 members (excludes halogenated alkanes) is 4. The monoisotopic (exact) mass is 671 g/mol. The Morgan fingerprint density at radius 1 is 1.00 bits per heavy atom. The van der Waals surface area contributed by atoms with E-state index in [4.69, 9.17) is 4.74 Å². The van der Waals surface area contributed by atoms with Crippen molar-refractivity contribution in [2.45, 2.75) is 123 Å². The number of benzene rings is 1. The van der Waals surface area contributed by atoms with Gasteiger partial charge in [0.1, 0.15) is 0 Å². The van der Waals surface area contributed by atoms with Crippen LogP contribution in [0.5, 0.6) is 0 Å². The van der Waals surface area contributed by atoms with E-state index in [1.165, 1.54) is 55.4 Å². The number of rotatable bonds is 22. The van der Waals surface area contributed by atoms with Crippen LogP contribution in [0.2, 0.25) is 13.3 Å². The summed E-state index contributed by atoms with van der Waals surface area (Å²) in [4.78, 5) is 0.222. The maximum atomic E-state index is 12.8. The molecule has 3 atom stereocenters. The van der Waals surface area contributed by atoms with Gasteiger partial charge in [-0.3, -0.25) is 0 Å². The van der Waals surface area contributed by atoms with Gasteiger partial charge < -0.3 is 0 Å². The minimum absolute atomic E-state index is 0.0167. The Balaban J connectivity index is 3.29. The van der Waals surface area contributed by atoms with E-state index < -0.39 is 34.5 Å². The first kappa shape index (κ1) is 36.4. The molecule has 39 heavy (non-hydrogen) atoms. The van der Waals surface area contributed by atoms with Crippen LogP contribution >= 0.6 is 0 Å². The van der Waals surface area contributed by atoms with Gasteiger partial charge in [0.05, 0.1) is 0 Å². The van der Waals surface area contributed by atoms with E-state index in [9.17, 15) is 13.5 Å². The van der Waals surface area contributed by atoms with Gasteiger partial charge in [-0.25, -0.2) is 0 Å². The number of aliphatic hydroxyl groups is 1.